The second kappa shape index (κ2) is 5.36. The molecule has 0 spiro atoms. The van der Waals surface area contributed by atoms with Crippen molar-refractivity contribution in [3.63, 3.8) is 0 Å². The van der Waals surface area contributed by atoms with Crippen molar-refractivity contribution in [2.24, 2.45) is 0 Å². The molecule has 2 rings (SSSR count). The molecular formula is C13H13F3N2O3. The van der Waals surface area contributed by atoms with Crippen LogP contribution in [0.25, 0.3) is 10.9 Å². The van der Waals surface area contributed by atoms with Crippen LogP contribution in [0.4, 0.5) is 13.2 Å². The van der Waals surface area contributed by atoms with Gasteiger partial charge in [0.05, 0.1) is 22.6 Å². The van der Waals surface area contributed by atoms with Gasteiger partial charge in [-0.25, -0.2) is 4.79 Å². The monoisotopic (exact) mass is 302 g/mol. The topological polar surface area (TPSA) is 85.9 Å². The van der Waals surface area contributed by atoms with Gasteiger partial charge in [-0.1, -0.05) is 13.3 Å². The molecule has 0 radical (unpaired) electrons. The van der Waals surface area contributed by atoms with E-state index in [4.69, 9.17) is 0 Å². The van der Waals surface area contributed by atoms with Crippen molar-refractivity contribution in [3.8, 4) is 0 Å². The normalized spacial score (nSPS) is 13.6. The molecule has 0 aliphatic rings. The minimum absolute atomic E-state index is 0.104. The van der Waals surface area contributed by atoms with E-state index in [1.54, 1.807) is 6.92 Å². The summed E-state index contributed by atoms with van der Waals surface area (Å²) in [6.07, 6.45) is -5.41. The van der Waals surface area contributed by atoms with E-state index in [1.807, 2.05) is 4.98 Å². The number of hydrogen-bond acceptors (Lipinski definition) is 3. The van der Waals surface area contributed by atoms with Crippen molar-refractivity contribution in [2.75, 3.05) is 0 Å². The zero-order valence-electron chi connectivity index (χ0n) is 11.0. The smallest absolute Gasteiger partial charge is 0.388 e. The van der Waals surface area contributed by atoms with Gasteiger partial charge in [0.15, 0.2) is 0 Å². The van der Waals surface area contributed by atoms with E-state index < -0.39 is 29.1 Å². The van der Waals surface area contributed by atoms with Crippen LogP contribution in [0.15, 0.2) is 21.7 Å². The number of halogens is 3. The molecule has 0 amide bonds. The molecule has 0 aliphatic carbocycles. The molecule has 21 heavy (non-hydrogen) atoms. The Morgan fingerprint density at radius 2 is 1.90 bits per heavy atom. The van der Waals surface area contributed by atoms with Crippen LogP contribution in [0, 0.1) is 0 Å². The molecule has 2 aromatic rings. The number of aliphatic hydroxyl groups is 1. The quantitative estimate of drug-likeness (QED) is 0.811. The third-order valence-electron chi connectivity index (χ3n) is 3.14. The minimum atomic E-state index is -4.70. The second-order valence-corrected chi connectivity index (χ2v) is 4.70. The van der Waals surface area contributed by atoms with Crippen molar-refractivity contribution in [3.05, 3.63) is 44.1 Å². The van der Waals surface area contributed by atoms with Crippen LogP contribution in [0.2, 0.25) is 0 Å². The summed E-state index contributed by atoms with van der Waals surface area (Å²) >= 11 is 0. The minimum Gasteiger partial charge on any atom is -0.388 e. The number of aromatic nitrogens is 2. The average Bonchev–Trinajstić information content (AvgIpc) is 2.36. The molecule has 1 unspecified atom stereocenters. The first-order valence-corrected chi connectivity index (χ1v) is 6.29. The lowest BCUT2D eigenvalue weighted by Crippen LogP contribution is -2.23. The lowest BCUT2D eigenvalue weighted by atomic mass is 9.97. The summed E-state index contributed by atoms with van der Waals surface area (Å²) in [6.45, 7) is 1.72. The SMILES string of the molecule is CCCC(O)c1cc2c(=O)[nH]c(=O)[nH]c2cc1C(F)(F)F. The molecule has 0 aliphatic heterocycles. The highest BCUT2D eigenvalue weighted by molar-refractivity contribution is 5.79. The Hall–Kier alpha value is -2.09. The Morgan fingerprint density at radius 3 is 2.48 bits per heavy atom. The lowest BCUT2D eigenvalue weighted by molar-refractivity contribution is -0.139. The first-order valence-electron chi connectivity index (χ1n) is 6.29. The molecule has 5 nitrogen and oxygen atoms in total. The number of alkyl halides is 3. The maximum absolute atomic E-state index is 13.1. The average molecular weight is 302 g/mol. The van der Waals surface area contributed by atoms with Gasteiger partial charge in [-0.3, -0.25) is 9.78 Å². The number of aromatic amines is 2. The number of H-pyrrole nitrogens is 2. The molecule has 1 atom stereocenters. The van der Waals surface area contributed by atoms with Crippen LogP contribution in [0.1, 0.15) is 37.0 Å². The molecule has 114 valence electrons. The van der Waals surface area contributed by atoms with E-state index in [9.17, 15) is 27.9 Å². The fourth-order valence-electron chi connectivity index (χ4n) is 2.18. The second-order valence-electron chi connectivity index (χ2n) is 4.70. The number of aliphatic hydroxyl groups excluding tert-OH is 1. The number of hydrogen-bond donors (Lipinski definition) is 3. The highest BCUT2D eigenvalue weighted by Gasteiger charge is 2.35. The summed E-state index contributed by atoms with van der Waals surface area (Å²) < 4.78 is 39.3. The highest BCUT2D eigenvalue weighted by Crippen LogP contribution is 2.37. The molecule has 0 fully saturated rings. The number of rotatable bonds is 3. The standard InChI is InChI=1S/C13H13F3N2O3/c1-2-3-10(19)6-4-7-9(5-8(6)13(14,15)16)17-12(21)18-11(7)20/h4-5,10,19H,2-3H2,1H3,(H2,17,18,20,21). The summed E-state index contributed by atoms with van der Waals surface area (Å²) in [5.74, 6) is 0. The van der Waals surface area contributed by atoms with E-state index in [1.165, 1.54) is 0 Å². The molecular weight excluding hydrogens is 289 g/mol. The third-order valence-corrected chi connectivity index (χ3v) is 3.14. The largest absolute Gasteiger partial charge is 0.416 e. The van der Waals surface area contributed by atoms with Crippen LogP contribution >= 0.6 is 0 Å². The van der Waals surface area contributed by atoms with Gasteiger partial charge in [0.25, 0.3) is 5.56 Å². The van der Waals surface area contributed by atoms with Gasteiger partial charge >= 0.3 is 11.9 Å². The van der Waals surface area contributed by atoms with Gasteiger partial charge in [0.1, 0.15) is 0 Å². The van der Waals surface area contributed by atoms with E-state index in [2.05, 4.69) is 4.98 Å². The van der Waals surface area contributed by atoms with E-state index in [0.29, 0.717) is 12.5 Å². The Balaban J connectivity index is 2.81. The molecule has 1 heterocycles. The highest BCUT2D eigenvalue weighted by atomic mass is 19.4. The van der Waals surface area contributed by atoms with Crippen LogP contribution in [0.3, 0.4) is 0 Å². The number of nitrogens with one attached hydrogen (secondary N) is 2. The number of benzene rings is 1. The molecule has 0 saturated carbocycles. The predicted octanol–water partition coefficient (Wildman–Crippen LogP) is 2.07. The van der Waals surface area contributed by atoms with Gasteiger partial charge in [0.2, 0.25) is 0 Å². The first-order chi connectivity index (χ1) is 9.74. The summed E-state index contributed by atoms with van der Waals surface area (Å²) in [5.41, 5.74) is -3.33. The van der Waals surface area contributed by atoms with Crippen molar-refractivity contribution in [1.29, 1.82) is 0 Å². The maximum atomic E-state index is 13.1. The maximum Gasteiger partial charge on any atom is 0.416 e. The van der Waals surface area contributed by atoms with Crippen LogP contribution in [-0.4, -0.2) is 15.1 Å². The van der Waals surface area contributed by atoms with Gasteiger partial charge < -0.3 is 10.1 Å². The number of fused-ring (bicyclic) bond motifs is 1. The molecule has 8 heteroatoms. The van der Waals surface area contributed by atoms with Crippen LogP contribution in [-0.2, 0) is 6.18 Å². The molecule has 3 N–H and O–H groups in total. The summed E-state index contributed by atoms with van der Waals surface area (Å²) in [5, 5.41) is 9.78. The zero-order valence-corrected chi connectivity index (χ0v) is 11.0. The van der Waals surface area contributed by atoms with Crippen molar-refractivity contribution >= 4 is 10.9 Å². The van der Waals surface area contributed by atoms with Gasteiger partial charge in [-0.15, -0.1) is 0 Å². The van der Waals surface area contributed by atoms with Gasteiger partial charge in [-0.2, -0.15) is 13.2 Å². The summed E-state index contributed by atoms with van der Waals surface area (Å²) in [4.78, 5) is 26.9. The Bertz CT molecular complexity index is 777. The molecule has 0 bridgehead atoms. The van der Waals surface area contributed by atoms with Crippen molar-refractivity contribution in [2.45, 2.75) is 32.0 Å². The first kappa shape index (κ1) is 15.3. The third kappa shape index (κ3) is 2.99. The zero-order chi connectivity index (χ0) is 15.8. The van der Waals surface area contributed by atoms with E-state index >= 15 is 0 Å². The fraction of sp³-hybridized carbons (Fsp3) is 0.385. The Kier molecular flexibility index (Phi) is 3.91. The van der Waals surface area contributed by atoms with Gasteiger partial charge in [-0.05, 0) is 24.1 Å². The molecule has 1 aromatic carbocycles. The molecule has 1 aromatic heterocycles. The molecule has 0 saturated heterocycles. The van der Waals surface area contributed by atoms with Crippen LogP contribution < -0.4 is 11.2 Å². The predicted molar refractivity (Wildman–Crippen MR) is 70.1 cm³/mol. The van der Waals surface area contributed by atoms with Crippen molar-refractivity contribution < 1.29 is 18.3 Å². The summed E-state index contributed by atoms with van der Waals surface area (Å²) in [7, 11) is 0. The van der Waals surface area contributed by atoms with Crippen LogP contribution in [0.5, 0.6) is 0 Å². The Morgan fingerprint density at radius 1 is 1.24 bits per heavy atom. The summed E-state index contributed by atoms with van der Waals surface area (Å²) in [6, 6.07) is 1.66. The Labute approximate surface area is 116 Å². The van der Waals surface area contributed by atoms with E-state index in [0.717, 1.165) is 6.07 Å². The van der Waals surface area contributed by atoms with E-state index in [-0.39, 0.29) is 22.9 Å². The van der Waals surface area contributed by atoms with Gasteiger partial charge in [0, 0.05) is 0 Å². The fourth-order valence-corrected chi connectivity index (χ4v) is 2.18. The van der Waals surface area contributed by atoms with Crippen molar-refractivity contribution in [1.82, 2.24) is 9.97 Å². The lowest BCUT2D eigenvalue weighted by Gasteiger charge is -2.18.